The number of benzene rings is 1. The molecule has 7 heteroatoms. The van der Waals surface area contributed by atoms with E-state index < -0.39 is 0 Å². The maximum absolute atomic E-state index is 12.4. The van der Waals surface area contributed by atoms with Crippen LogP contribution in [0.15, 0.2) is 30.3 Å². The van der Waals surface area contributed by atoms with Gasteiger partial charge >= 0.3 is 6.03 Å². The highest BCUT2D eigenvalue weighted by Crippen LogP contribution is 2.24. The van der Waals surface area contributed by atoms with E-state index in [0.29, 0.717) is 12.6 Å². The summed E-state index contributed by atoms with van der Waals surface area (Å²) in [7, 11) is 0. The highest BCUT2D eigenvalue weighted by atomic mass is 16.2. The van der Waals surface area contributed by atoms with Gasteiger partial charge in [0.15, 0.2) is 0 Å². The summed E-state index contributed by atoms with van der Waals surface area (Å²) in [6, 6.07) is 10.9. The third-order valence-corrected chi connectivity index (χ3v) is 6.43. The number of hydrogen-bond acceptors (Lipinski definition) is 4. The number of hydrogen-bond donors (Lipinski definition) is 3. The van der Waals surface area contributed by atoms with Crippen LogP contribution in [-0.2, 0) is 4.79 Å². The van der Waals surface area contributed by atoms with E-state index in [9.17, 15) is 9.59 Å². The molecule has 31 heavy (non-hydrogen) atoms. The zero-order valence-electron chi connectivity index (χ0n) is 19.3. The van der Waals surface area contributed by atoms with Gasteiger partial charge in [0.25, 0.3) is 0 Å². The second-order valence-corrected chi connectivity index (χ2v) is 9.29. The predicted molar refractivity (Wildman–Crippen MR) is 125 cm³/mol. The Morgan fingerprint density at radius 1 is 1.03 bits per heavy atom. The van der Waals surface area contributed by atoms with Crippen molar-refractivity contribution in [3.05, 3.63) is 30.3 Å². The summed E-state index contributed by atoms with van der Waals surface area (Å²) in [5, 5.41) is 9.13. The van der Waals surface area contributed by atoms with Gasteiger partial charge in [-0.2, -0.15) is 0 Å². The van der Waals surface area contributed by atoms with Crippen LogP contribution in [0.2, 0.25) is 0 Å². The van der Waals surface area contributed by atoms with E-state index in [-0.39, 0.29) is 29.9 Å². The Kier molecular flexibility index (Phi) is 8.58. The molecular formula is C24H39N5O2. The van der Waals surface area contributed by atoms with Crippen molar-refractivity contribution in [2.75, 3.05) is 37.6 Å². The Morgan fingerprint density at radius 3 is 2.42 bits per heavy atom. The van der Waals surface area contributed by atoms with Crippen LogP contribution in [0.1, 0.15) is 46.5 Å². The van der Waals surface area contributed by atoms with Crippen LogP contribution in [0, 0.1) is 5.92 Å². The lowest BCUT2D eigenvalue weighted by molar-refractivity contribution is -0.126. The minimum absolute atomic E-state index is 0.00119. The van der Waals surface area contributed by atoms with E-state index in [1.807, 2.05) is 19.9 Å². The van der Waals surface area contributed by atoms with E-state index in [0.717, 1.165) is 51.9 Å². The zero-order valence-corrected chi connectivity index (χ0v) is 19.3. The normalized spacial score (nSPS) is 23.3. The van der Waals surface area contributed by atoms with E-state index in [2.05, 4.69) is 56.9 Å². The first-order valence-electron chi connectivity index (χ1n) is 11.8. The monoisotopic (exact) mass is 429 g/mol. The molecule has 3 unspecified atom stereocenters. The van der Waals surface area contributed by atoms with Crippen molar-refractivity contribution < 1.29 is 9.59 Å². The highest BCUT2D eigenvalue weighted by Gasteiger charge is 2.28. The van der Waals surface area contributed by atoms with Gasteiger partial charge < -0.3 is 20.9 Å². The van der Waals surface area contributed by atoms with Crippen LogP contribution >= 0.6 is 0 Å². The standard InChI is InChI=1S/C24H39N5O2/c1-18(2)26-23(30)20-8-7-9-21(16-20)27-24(31)25-17-19(3)28-12-14-29(15-13-28)22-10-5-4-6-11-22/h4-6,10-11,18-21H,7-9,12-17H2,1-3H3,(H,26,30)(H2,25,27,31). The van der Waals surface area contributed by atoms with Gasteiger partial charge in [0.2, 0.25) is 5.91 Å². The number of anilines is 1. The fraction of sp³-hybridized carbons (Fsp3) is 0.667. The second kappa shape index (κ2) is 11.4. The van der Waals surface area contributed by atoms with Gasteiger partial charge in [-0.3, -0.25) is 9.69 Å². The first kappa shape index (κ1) is 23.4. The summed E-state index contributed by atoms with van der Waals surface area (Å²) in [5.41, 5.74) is 1.28. The minimum Gasteiger partial charge on any atom is -0.369 e. The fourth-order valence-electron chi connectivity index (χ4n) is 4.63. The summed E-state index contributed by atoms with van der Waals surface area (Å²) in [5.74, 6) is 0.117. The highest BCUT2D eigenvalue weighted by molar-refractivity contribution is 5.79. The lowest BCUT2D eigenvalue weighted by Gasteiger charge is -2.39. The van der Waals surface area contributed by atoms with Gasteiger partial charge in [-0.05, 0) is 52.2 Å². The summed E-state index contributed by atoms with van der Waals surface area (Å²) >= 11 is 0. The molecule has 1 aromatic carbocycles. The summed E-state index contributed by atoms with van der Waals surface area (Å²) < 4.78 is 0. The van der Waals surface area contributed by atoms with E-state index in [1.165, 1.54) is 5.69 Å². The number of nitrogens with one attached hydrogen (secondary N) is 3. The molecule has 0 spiro atoms. The lowest BCUT2D eigenvalue weighted by atomic mass is 9.85. The molecule has 0 aromatic heterocycles. The van der Waals surface area contributed by atoms with Crippen molar-refractivity contribution in [1.82, 2.24) is 20.9 Å². The predicted octanol–water partition coefficient (Wildman–Crippen LogP) is 2.58. The van der Waals surface area contributed by atoms with Crippen LogP contribution in [-0.4, -0.2) is 67.7 Å². The minimum atomic E-state index is -0.121. The molecular weight excluding hydrogens is 390 g/mol. The Labute approximate surface area is 186 Å². The third-order valence-electron chi connectivity index (χ3n) is 6.43. The van der Waals surface area contributed by atoms with Crippen molar-refractivity contribution in [3.8, 4) is 0 Å². The van der Waals surface area contributed by atoms with Crippen molar-refractivity contribution in [2.45, 2.75) is 64.6 Å². The zero-order chi connectivity index (χ0) is 22.2. The van der Waals surface area contributed by atoms with Gasteiger partial charge in [-0.25, -0.2) is 4.79 Å². The molecule has 1 heterocycles. The molecule has 0 radical (unpaired) electrons. The van der Waals surface area contributed by atoms with Gasteiger partial charge in [0.05, 0.1) is 0 Å². The summed E-state index contributed by atoms with van der Waals surface area (Å²) in [6.07, 6.45) is 3.55. The largest absolute Gasteiger partial charge is 0.369 e. The molecule has 1 aliphatic heterocycles. The third kappa shape index (κ3) is 7.13. The number of nitrogens with zero attached hydrogens (tertiary/aromatic N) is 2. The Hall–Kier alpha value is -2.28. The Morgan fingerprint density at radius 2 is 1.74 bits per heavy atom. The van der Waals surface area contributed by atoms with E-state index in [4.69, 9.17) is 0 Å². The Bertz CT molecular complexity index is 703. The quantitative estimate of drug-likeness (QED) is 0.623. The van der Waals surface area contributed by atoms with Crippen molar-refractivity contribution in [3.63, 3.8) is 0 Å². The number of carbonyl (C=O) groups is 2. The number of carbonyl (C=O) groups excluding carboxylic acids is 2. The van der Waals surface area contributed by atoms with Crippen LogP contribution in [0.25, 0.3) is 0 Å². The first-order chi connectivity index (χ1) is 14.9. The van der Waals surface area contributed by atoms with Gasteiger partial charge in [0, 0.05) is 62.5 Å². The molecule has 1 aromatic rings. The van der Waals surface area contributed by atoms with Crippen molar-refractivity contribution >= 4 is 17.6 Å². The van der Waals surface area contributed by atoms with Crippen LogP contribution in [0.4, 0.5) is 10.5 Å². The maximum Gasteiger partial charge on any atom is 0.315 e. The topological polar surface area (TPSA) is 76.7 Å². The molecule has 2 aliphatic rings. The van der Waals surface area contributed by atoms with Crippen LogP contribution in [0.3, 0.4) is 0 Å². The molecule has 0 bridgehead atoms. The molecule has 3 amide bonds. The average Bonchev–Trinajstić information content (AvgIpc) is 2.78. The smallest absolute Gasteiger partial charge is 0.315 e. The molecule has 2 fully saturated rings. The molecule has 1 saturated carbocycles. The van der Waals surface area contributed by atoms with Gasteiger partial charge in [-0.1, -0.05) is 24.6 Å². The van der Waals surface area contributed by atoms with Crippen LogP contribution < -0.4 is 20.9 Å². The molecule has 3 rings (SSSR count). The second-order valence-electron chi connectivity index (χ2n) is 9.29. The number of amides is 3. The molecule has 3 N–H and O–H groups in total. The molecule has 7 nitrogen and oxygen atoms in total. The SMILES string of the molecule is CC(C)NC(=O)C1CCCC(NC(=O)NCC(C)N2CCN(c3ccccc3)CC2)C1. The summed E-state index contributed by atoms with van der Waals surface area (Å²) in [6.45, 7) is 10.7. The van der Waals surface area contributed by atoms with Crippen LogP contribution in [0.5, 0.6) is 0 Å². The molecule has 3 atom stereocenters. The van der Waals surface area contributed by atoms with E-state index in [1.54, 1.807) is 0 Å². The molecule has 172 valence electrons. The first-order valence-corrected chi connectivity index (χ1v) is 11.8. The van der Waals surface area contributed by atoms with E-state index >= 15 is 0 Å². The van der Waals surface area contributed by atoms with Crippen molar-refractivity contribution in [1.29, 1.82) is 0 Å². The number of piperazine rings is 1. The summed E-state index contributed by atoms with van der Waals surface area (Å²) in [4.78, 5) is 29.6. The number of rotatable bonds is 7. The lowest BCUT2D eigenvalue weighted by Crippen LogP contribution is -2.54. The molecule has 1 aliphatic carbocycles. The number of urea groups is 1. The van der Waals surface area contributed by atoms with Gasteiger partial charge in [0.1, 0.15) is 0 Å². The average molecular weight is 430 g/mol. The maximum atomic E-state index is 12.4. The van der Waals surface area contributed by atoms with Crippen molar-refractivity contribution in [2.24, 2.45) is 5.92 Å². The van der Waals surface area contributed by atoms with Gasteiger partial charge in [-0.15, -0.1) is 0 Å². The molecule has 1 saturated heterocycles. The number of para-hydroxylation sites is 1. The Balaban J connectivity index is 1.36. The fourth-order valence-corrected chi connectivity index (χ4v) is 4.63.